The molecule has 0 saturated carbocycles. The van der Waals surface area contributed by atoms with Crippen molar-refractivity contribution in [3.8, 4) is 0 Å². The minimum Gasteiger partial charge on any atom is -0.465 e. The molecule has 2 rings (SSSR count). The van der Waals surface area contributed by atoms with E-state index in [1.165, 1.54) is 10.5 Å². The molecular weight excluding hydrogens is 259 g/mol. The minimum atomic E-state index is -0.803. The molecule has 0 radical (unpaired) electrons. The Kier molecular flexibility index (Phi) is 5.17. The number of nitrogens with one attached hydrogen (secondary N) is 1. The molecule has 0 spiro atoms. The summed E-state index contributed by atoms with van der Waals surface area (Å²) in [6, 6.07) is 10.3. The zero-order chi connectivity index (χ0) is 13.7. The molecule has 1 amide bonds. The number of hydrogen-bond donors (Lipinski definition) is 2. The summed E-state index contributed by atoms with van der Waals surface area (Å²) in [5.74, 6) is 0.532. The maximum Gasteiger partial charge on any atom is 0.407 e. The van der Waals surface area contributed by atoms with Crippen molar-refractivity contribution in [1.82, 2.24) is 10.2 Å². The predicted octanol–water partition coefficient (Wildman–Crippen LogP) is 2.02. The number of hydrogen-bond acceptors (Lipinski definition) is 2. The monoisotopic (exact) mass is 280 g/mol. The van der Waals surface area contributed by atoms with E-state index < -0.39 is 6.09 Å². The summed E-state index contributed by atoms with van der Waals surface area (Å²) in [5.41, 5.74) is 1.62. The van der Waals surface area contributed by atoms with E-state index in [0.717, 1.165) is 19.5 Å². The Morgan fingerprint density at radius 3 is 2.79 bits per heavy atom. The predicted molar refractivity (Wildman–Crippen MR) is 79.4 cm³/mol. The van der Waals surface area contributed by atoms with E-state index in [-0.39, 0.29) is 0 Å². The van der Waals surface area contributed by atoms with Crippen molar-refractivity contribution in [2.24, 2.45) is 5.92 Å². The molecule has 1 aromatic rings. The van der Waals surface area contributed by atoms with Gasteiger partial charge >= 0.3 is 6.09 Å². The molecule has 1 saturated heterocycles. The highest BCUT2D eigenvalue weighted by Gasteiger charge is 2.28. The van der Waals surface area contributed by atoms with E-state index >= 15 is 0 Å². The second kappa shape index (κ2) is 6.88. The number of amides is 1. The Labute approximate surface area is 116 Å². The summed E-state index contributed by atoms with van der Waals surface area (Å²) >= 11 is 0. The fourth-order valence-corrected chi connectivity index (χ4v) is 3.04. The third-order valence-corrected chi connectivity index (χ3v) is 4.41. The summed E-state index contributed by atoms with van der Waals surface area (Å²) < 4.78 is 0. The van der Waals surface area contributed by atoms with Crippen molar-refractivity contribution in [2.75, 3.05) is 19.6 Å². The van der Waals surface area contributed by atoms with Crippen molar-refractivity contribution < 1.29 is 9.90 Å². The number of carboxylic acid groups (broad SMARTS) is 1. The van der Waals surface area contributed by atoms with Gasteiger partial charge in [-0.3, -0.25) is 0 Å². The highest BCUT2D eigenvalue weighted by Crippen LogP contribution is 2.23. The molecular formula is C14H21N2O2P. The van der Waals surface area contributed by atoms with Gasteiger partial charge in [-0.2, -0.15) is 0 Å². The number of benzene rings is 1. The number of rotatable bonds is 4. The third kappa shape index (κ3) is 4.19. The Morgan fingerprint density at radius 2 is 2.16 bits per heavy atom. The maximum atomic E-state index is 10.9. The first-order valence-corrected chi connectivity index (χ1v) is 7.31. The molecule has 2 unspecified atom stereocenters. The number of nitrogens with zero attached hydrogens (tertiary/aromatic N) is 1. The van der Waals surface area contributed by atoms with Crippen molar-refractivity contribution in [1.29, 1.82) is 0 Å². The summed E-state index contributed by atoms with van der Waals surface area (Å²) in [5, 5.41) is 12.4. The molecule has 1 aliphatic rings. The standard InChI is InChI=1S/C14H21N2O2P/c17-14(18)16-7-6-12(13(19)10-16)9-15-8-11-4-2-1-3-5-11/h1-5,12-13,15H,6-10,19H2,(H,17,18)/t12-,13?/m1/s1. The first-order valence-electron chi connectivity index (χ1n) is 6.65. The average molecular weight is 280 g/mol. The van der Waals surface area contributed by atoms with Crippen LogP contribution in [-0.4, -0.2) is 41.4 Å². The van der Waals surface area contributed by atoms with Gasteiger partial charge in [-0.25, -0.2) is 4.79 Å². The molecule has 1 fully saturated rings. The lowest BCUT2D eigenvalue weighted by Gasteiger charge is -2.35. The first-order chi connectivity index (χ1) is 9.16. The van der Waals surface area contributed by atoms with Crippen LogP contribution < -0.4 is 5.32 Å². The zero-order valence-electron chi connectivity index (χ0n) is 11.0. The molecule has 1 aromatic carbocycles. The quantitative estimate of drug-likeness (QED) is 0.830. The first kappa shape index (κ1) is 14.3. The van der Waals surface area contributed by atoms with Crippen LogP contribution in [0.4, 0.5) is 4.79 Å². The van der Waals surface area contributed by atoms with E-state index in [1.807, 2.05) is 18.2 Å². The molecule has 0 aliphatic carbocycles. The molecule has 4 nitrogen and oxygen atoms in total. The van der Waals surface area contributed by atoms with Crippen LogP contribution >= 0.6 is 9.24 Å². The average Bonchev–Trinajstić information content (AvgIpc) is 2.41. The second-order valence-corrected chi connectivity index (χ2v) is 5.91. The largest absolute Gasteiger partial charge is 0.465 e. The zero-order valence-corrected chi connectivity index (χ0v) is 12.1. The summed E-state index contributed by atoms with van der Waals surface area (Å²) in [6.07, 6.45) is 0.130. The van der Waals surface area contributed by atoms with Crippen LogP contribution in [0.2, 0.25) is 0 Å². The SMILES string of the molecule is O=C(O)N1CC[C@H](CNCc2ccccc2)C(P)C1. The Morgan fingerprint density at radius 1 is 1.42 bits per heavy atom. The fourth-order valence-electron chi connectivity index (χ4n) is 2.46. The van der Waals surface area contributed by atoms with Gasteiger partial charge in [0.25, 0.3) is 0 Å². The molecule has 0 bridgehead atoms. The van der Waals surface area contributed by atoms with Crippen LogP contribution in [0.15, 0.2) is 30.3 Å². The highest BCUT2D eigenvalue weighted by atomic mass is 31.0. The van der Waals surface area contributed by atoms with Gasteiger partial charge in [0.15, 0.2) is 0 Å². The van der Waals surface area contributed by atoms with Crippen molar-refractivity contribution in [2.45, 2.75) is 18.6 Å². The lowest BCUT2D eigenvalue weighted by molar-refractivity contribution is 0.126. The van der Waals surface area contributed by atoms with Gasteiger partial charge in [-0.15, -0.1) is 9.24 Å². The van der Waals surface area contributed by atoms with Gasteiger partial charge < -0.3 is 15.3 Å². The molecule has 1 heterocycles. The van der Waals surface area contributed by atoms with Crippen LogP contribution in [0.3, 0.4) is 0 Å². The van der Waals surface area contributed by atoms with E-state index in [1.54, 1.807) is 0 Å². The van der Waals surface area contributed by atoms with E-state index in [0.29, 0.717) is 24.7 Å². The van der Waals surface area contributed by atoms with Gasteiger partial charge in [0, 0.05) is 19.6 Å². The van der Waals surface area contributed by atoms with Crippen molar-refractivity contribution >= 4 is 15.3 Å². The van der Waals surface area contributed by atoms with E-state index in [9.17, 15) is 4.79 Å². The lowest BCUT2D eigenvalue weighted by atomic mass is 9.96. The van der Waals surface area contributed by atoms with Crippen LogP contribution in [0.25, 0.3) is 0 Å². The van der Waals surface area contributed by atoms with Crippen molar-refractivity contribution in [3.63, 3.8) is 0 Å². The summed E-state index contributed by atoms with van der Waals surface area (Å²) in [6.45, 7) is 3.09. The van der Waals surface area contributed by atoms with Crippen LogP contribution in [0.1, 0.15) is 12.0 Å². The van der Waals surface area contributed by atoms with Gasteiger partial charge in [0.2, 0.25) is 0 Å². The van der Waals surface area contributed by atoms with Gasteiger partial charge in [0.05, 0.1) is 0 Å². The fraction of sp³-hybridized carbons (Fsp3) is 0.500. The second-order valence-electron chi connectivity index (χ2n) is 5.06. The van der Waals surface area contributed by atoms with Gasteiger partial charge in [0.1, 0.15) is 0 Å². The Bertz CT molecular complexity index is 413. The molecule has 5 heteroatoms. The Hall–Kier alpha value is -1.12. The molecule has 3 atom stereocenters. The number of carbonyl (C=O) groups is 1. The minimum absolute atomic E-state index is 0.341. The van der Waals surface area contributed by atoms with Crippen LogP contribution in [-0.2, 0) is 6.54 Å². The van der Waals surface area contributed by atoms with E-state index in [4.69, 9.17) is 5.11 Å². The molecule has 0 aromatic heterocycles. The third-order valence-electron chi connectivity index (χ3n) is 3.66. The van der Waals surface area contributed by atoms with E-state index in [2.05, 4.69) is 26.7 Å². The summed E-state index contributed by atoms with van der Waals surface area (Å²) in [4.78, 5) is 12.4. The normalized spacial score (nSPS) is 23.3. The smallest absolute Gasteiger partial charge is 0.407 e. The maximum absolute atomic E-state index is 10.9. The number of likely N-dealkylation sites (tertiary alicyclic amines) is 1. The lowest BCUT2D eigenvalue weighted by Crippen LogP contribution is -2.46. The topological polar surface area (TPSA) is 52.6 Å². The van der Waals surface area contributed by atoms with Crippen LogP contribution in [0, 0.1) is 5.92 Å². The summed E-state index contributed by atoms with van der Waals surface area (Å²) in [7, 11) is 2.79. The highest BCUT2D eigenvalue weighted by molar-refractivity contribution is 7.17. The molecule has 104 valence electrons. The van der Waals surface area contributed by atoms with Gasteiger partial charge in [-0.05, 0) is 30.1 Å². The molecule has 19 heavy (non-hydrogen) atoms. The van der Waals surface area contributed by atoms with Gasteiger partial charge in [-0.1, -0.05) is 30.3 Å². The van der Waals surface area contributed by atoms with Crippen molar-refractivity contribution in [3.05, 3.63) is 35.9 Å². The molecule has 2 N–H and O–H groups in total. The van der Waals surface area contributed by atoms with Crippen LogP contribution in [0.5, 0.6) is 0 Å². The number of piperidine rings is 1. The molecule has 1 aliphatic heterocycles. The Balaban J connectivity index is 1.74.